The van der Waals surface area contributed by atoms with Gasteiger partial charge in [0.1, 0.15) is 0 Å². The minimum atomic E-state index is -0.709. The van der Waals surface area contributed by atoms with E-state index >= 15 is 0 Å². The fourth-order valence-electron chi connectivity index (χ4n) is 2.01. The van der Waals surface area contributed by atoms with Crippen molar-refractivity contribution in [3.63, 3.8) is 0 Å². The lowest BCUT2D eigenvalue weighted by atomic mass is 10.2. The van der Waals surface area contributed by atoms with Gasteiger partial charge in [0.15, 0.2) is 6.61 Å². The van der Waals surface area contributed by atoms with Gasteiger partial charge in [-0.1, -0.05) is 34.9 Å². The molecular weight excluding hydrogens is 360 g/mol. The molecule has 0 atom stereocenters. The minimum Gasteiger partial charge on any atom is -0.452 e. The molecular formula is C17H13ClN4O4. The van der Waals surface area contributed by atoms with Crippen molar-refractivity contribution < 1.29 is 18.7 Å². The number of nitrogen functional groups attached to an aromatic ring is 1. The van der Waals surface area contributed by atoms with Crippen molar-refractivity contribution >= 4 is 35.2 Å². The first-order valence-electron chi connectivity index (χ1n) is 7.44. The summed E-state index contributed by atoms with van der Waals surface area (Å²) in [6.07, 6.45) is 0. The number of ether oxygens (including phenoxy) is 1. The maximum absolute atomic E-state index is 11.9. The van der Waals surface area contributed by atoms with Crippen molar-refractivity contribution in [2.24, 2.45) is 0 Å². The highest BCUT2D eigenvalue weighted by atomic mass is 35.5. The molecule has 0 aliphatic heterocycles. The van der Waals surface area contributed by atoms with Gasteiger partial charge in [0.25, 0.3) is 5.91 Å². The van der Waals surface area contributed by atoms with Crippen molar-refractivity contribution in [1.82, 2.24) is 10.2 Å². The third kappa shape index (κ3) is 4.17. The smallest absolute Gasteiger partial charge is 0.338 e. The van der Waals surface area contributed by atoms with Crippen LogP contribution in [0.4, 0.5) is 11.7 Å². The molecule has 0 aliphatic carbocycles. The number of halogens is 1. The third-order valence-electron chi connectivity index (χ3n) is 3.26. The van der Waals surface area contributed by atoms with Crippen LogP contribution in [0.5, 0.6) is 0 Å². The van der Waals surface area contributed by atoms with Crippen LogP contribution in [-0.4, -0.2) is 28.7 Å². The van der Waals surface area contributed by atoms with Gasteiger partial charge >= 0.3 is 12.0 Å². The largest absolute Gasteiger partial charge is 0.452 e. The highest BCUT2D eigenvalue weighted by Crippen LogP contribution is 2.20. The second-order valence-electron chi connectivity index (χ2n) is 5.14. The monoisotopic (exact) mass is 372 g/mol. The van der Waals surface area contributed by atoms with E-state index in [4.69, 9.17) is 26.5 Å². The van der Waals surface area contributed by atoms with E-state index in [2.05, 4.69) is 15.5 Å². The van der Waals surface area contributed by atoms with Crippen molar-refractivity contribution in [1.29, 1.82) is 0 Å². The van der Waals surface area contributed by atoms with Gasteiger partial charge in [-0.15, -0.1) is 5.10 Å². The molecule has 0 saturated heterocycles. The van der Waals surface area contributed by atoms with Crippen LogP contribution in [0, 0.1) is 0 Å². The van der Waals surface area contributed by atoms with Gasteiger partial charge in [0.05, 0.1) is 16.3 Å². The molecule has 0 spiro atoms. The second-order valence-corrected chi connectivity index (χ2v) is 5.55. The summed E-state index contributed by atoms with van der Waals surface area (Å²) in [4.78, 5) is 23.8. The van der Waals surface area contributed by atoms with E-state index in [0.717, 1.165) is 0 Å². The number of nitrogens with one attached hydrogen (secondary N) is 1. The molecule has 1 heterocycles. The van der Waals surface area contributed by atoms with Crippen LogP contribution in [0.1, 0.15) is 10.4 Å². The molecule has 3 rings (SSSR count). The zero-order valence-electron chi connectivity index (χ0n) is 13.3. The van der Waals surface area contributed by atoms with E-state index in [0.29, 0.717) is 10.6 Å². The SMILES string of the molecule is Nc1cc(C(=O)OCC(=O)Nc2nnc(-c3ccccc3)o2)ccc1Cl. The first-order chi connectivity index (χ1) is 12.5. The molecule has 0 aliphatic rings. The van der Waals surface area contributed by atoms with Crippen molar-refractivity contribution in [2.75, 3.05) is 17.7 Å². The maximum Gasteiger partial charge on any atom is 0.338 e. The molecule has 3 aromatic rings. The topological polar surface area (TPSA) is 120 Å². The molecule has 8 nitrogen and oxygen atoms in total. The fourth-order valence-corrected chi connectivity index (χ4v) is 2.13. The number of anilines is 2. The predicted octanol–water partition coefficient (Wildman–Crippen LogP) is 2.77. The highest BCUT2D eigenvalue weighted by Gasteiger charge is 2.14. The van der Waals surface area contributed by atoms with Crippen LogP contribution >= 0.6 is 11.6 Å². The summed E-state index contributed by atoms with van der Waals surface area (Å²) >= 11 is 5.78. The summed E-state index contributed by atoms with van der Waals surface area (Å²) < 4.78 is 10.2. The van der Waals surface area contributed by atoms with Crippen LogP contribution in [0.15, 0.2) is 52.9 Å². The highest BCUT2D eigenvalue weighted by molar-refractivity contribution is 6.33. The third-order valence-corrected chi connectivity index (χ3v) is 3.60. The number of nitrogens with zero attached hydrogens (tertiary/aromatic N) is 2. The Kier molecular flexibility index (Phi) is 5.14. The molecule has 0 fully saturated rings. The lowest BCUT2D eigenvalue weighted by molar-refractivity contribution is -0.119. The van der Waals surface area contributed by atoms with Gasteiger partial charge < -0.3 is 14.9 Å². The first-order valence-corrected chi connectivity index (χ1v) is 7.81. The van der Waals surface area contributed by atoms with Gasteiger partial charge in [-0.25, -0.2) is 4.79 Å². The van der Waals surface area contributed by atoms with Crippen LogP contribution in [0.25, 0.3) is 11.5 Å². The zero-order valence-corrected chi connectivity index (χ0v) is 14.1. The maximum atomic E-state index is 11.9. The molecule has 3 N–H and O–H groups in total. The van der Waals surface area contributed by atoms with Gasteiger partial charge in [-0.3, -0.25) is 10.1 Å². The van der Waals surface area contributed by atoms with Gasteiger partial charge in [-0.2, -0.15) is 0 Å². The van der Waals surface area contributed by atoms with E-state index in [1.165, 1.54) is 18.2 Å². The molecule has 2 aromatic carbocycles. The van der Waals surface area contributed by atoms with E-state index < -0.39 is 18.5 Å². The molecule has 0 radical (unpaired) electrons. The molecule has 1 amide bonds. The summed E-state index contributed by atoms with van der Waals surface area (Å²) in [6, 6.07) is 13.3. The lowest BCUT2D eigenvalue weighted by Crippen LogP contribution is -2.21. The van der Waals surface area contributed by atoms with Crippen molar-refractivity contribution in [3.05, 3.63) is 59.1 Å². The normalized spacial score (nSPS) is 10.3. The number of hydrogen-bond acceptors (Lipinski definition) is 7. The Balaban J connectivity index is 1.55. The Labute approximate surface area is 152 Å². The Bertz CT molecular complexity index is 943. The Morgan fingerprint density at radius 2 is 1.92 bits per heavy atom. The number of carbonyl (C=O) groups is 2. The van der Waals surface area contributed by atoms with Gasteiger partial charge in [0, 0.05) is 5.56 Å². The summed E-state index contributed by atoms with van der Waals surface area (Å²) in [5.74, 6) is -1.07. The minimum absolute atomic E-state index is 0.0966. The quantitative estimate of drug-likeness (QED) is 0.521. The van der Waals surface area contributed by atoms with Crippen molar-refractivity contribution in [2.45, 2.75) is 0 Å². The number of carbonyl (C=O) groups excluding carboxylic acids is 2. The average molecular weight is 373 g/mol. The van der Waals surface area contributed by atoms with E-state index in [1.54, 1.807) is 12.1 Å². The van der Waals surface area contributed by atoms with E-state index in [-0.39, 0.29) is 23.2 Å². The Hall–Kier alpha value is -3.39. The average Bonchev–Trinajstić information content (AvgIpc) is 3.11. The summed E-state index contributed by atoms with van der Waals surface area (Å²) in [6.45, 7) is -0.523. The van der Waals surface area contributed by atoms with Crippen LogP contribution in [0.2, 0.25) is 5.02 Å². The zero-order chi connectivity index (χ0) is 18.5. The summed E-state index contributed by atoms with van der Waals surface area (Å²) in [5, 5.41) is 10.2. The summed E-state index contributed by atoms with van der Waals surface area (Å²) in [5.41, 5.74) is 6.76. The molecule has 0 unspecified atom stereocenters. The standard InChI is InChI=1S/C17H13ClN4O4/c18-12-7-6-11(8-13(12)19)16(24)25-9-14(23)20-17-22-21-15(26-17)10-4-2-1-3-5-10/h1-8H,9,19H2,(H,20,22,23). The van der Waals surface area contributed by atoms with Crippen LogP contribution in [-0.2, 0) is 9.53 Å². The molecule has 0 bridgehead atoms. The summed E-state index contributed by atoms with van der Waals surface area (Å²) in [7, 11) is 0. The lowest BCUT2D eigenvalue weighted by Gasteiger charge is -2.05. The number of esters is 1. The van der Waals surface area contributed by atoms with Crippen molar-refractivity contribution in [3.8, 4) is 11.5 Å². The first kappa shape index (κ1) is 17.4. The number of benzene rings is 2. The number of aromatic nitrogens is 2. The number of hydrogen-bond donors (Lipinski definition) is 2. The van der Waals surface area contributed by atoms with E-state index in [1.807, 2.05) is 18.2 Å². The fraction of sp³-hybridized carbons (Fsp3) is 0.0588. The number of rotatable bonds is 5. The van der Waals surface area contributed by atoms with Gasteiger partial charge in [0.2, 0.25) is 5.89 Å². The molecule has 26 heavy (non-hydrogen) atoms. The van der Waals surface area contributed by atoms with E-state index in [9.17, 15) is 9.59 Å². The molecule has 9 heteroatoms. The Morgan fingerprint density at radius 1 is 1.15 bits per heavy atom. The number of nitrogens with two attached hydrogens (primary N) is 1. The molecule has 1 aromatic heterocycles. The number of amides is 1. The van der Waals surface area contributed by atoms with Crippen LogP contribution in [0.3, 0.4) is 0 Å². The van der Waals surface area contributed by atoms with Gasteiger partial charge in [-0.05, 0) is 30.3 Å². The predicted molar refractivity (Wildman–Crippen MR) is 94.5 cm³/mol. The second kappa shape index (κ2) is 7.66. The Morgan fingerprint density at radius 3 is 2.65 bits per heavy atom. The molecule has 132 valence electrons. The van der Waals surface area contributed by atoms with Crippen LogP contribution < -0.4 is 11.1 Å². The molecule has 0 saturated carbocycles.